The first-order valence-electron chi connectivity index (χ1n) is 7.02. The van der Waals surface area contributed by atoms with Crippen LogP contribution in [0.15, 0.2) is 24.5 Å². The third-order valence-corrected chi connectivity index (χ3v) is 4.24. The van der Waals surface area contributed by atoms with E-state index < -0.39 is 11.5 Å². The van der Waals surface area contributed by atoms with Crippen LogP contribution in [0.2, 0.25) is 0 Å². The number of likely N-dealkylation sites (tertiary alicyclic amines) is 1. The Labute approximate surface area is 114 Å². The first-order chi connectivity index (χ1) is 9.12. The summed E-state index contributed by atoms with van der Waals surface area (Å²) in [6, 6.07) is 4.03. The van der Waals surface area contributed by atoms with Gasteiger partial charge >= 0.3 is 5.97 Å². The Morgan fingerprint density at radius 1 is 1.63 bits per heavy atom. The van der Waals surface area contributed by atoms with E-state index in [1.807, 2.05) is 18.3 Å². The summed E-state index contributed by atoms with van der Waals surface area (Å²) in [5.41, 5.74) is 0.399. The first kappa shape index (κ1) is 14.0. The largest absolute Gasteiger partial charge is 0.480 e. The van der Waals surface area contributed by atoms with Gasteiger partial charge in [0.25, 0.3) is 0 Å². The van der Waals surface area contributed by atoms with Gasteiger partial charge in [-0.3, -0.25) is 14.7 Å². The number of hydrogen-bond donors (Lipinski definition) is 1. The molecule has 2 atom stereocenters. The third-order valence-electron chi connectivity index (χ3n) is 4.24. The fourth-order valence-corrected chi connectivity index (χ4v) is 3.29. The number of carboxylic acid groups (broad SMARTS) is 1. The highest BCUT2D eigenvalue weighted by Crippen LogP contribution is 2.39. The number of pyridine rings is 1. The molecular formula is C15H22N2O2. The van der Waals surface area contributed by atoms with E-state index in [0.717, 1.165) is 31.4 Å². The lowest BCUT2D eigenvalue weighted by Crippen LogP contribution is -2.51. The summed E-state index contributed by atoms with van der Waals surface area (Å²) in [6.45, 7) is 4.98. The van der Waals surface area contributed by atoms with Crippen LogP contribution in [0.1, 0.15) is 51.1 Å². The molecular weight excluding hydrogens is 240 g/mol. The minimum atomic E-state index is -0.690. The Kier molecular flexibility index (Phi) is 4.20. The minimum Gasteiger partial charge on any atom is -0.480 e. The van der Waals surface area contributed by atoms with Crippen molar-refractivity contribution in [1.29, 1.82) is 0 Å². The van der Waals surface area contributed by atoms with Gasteiger partial charge in [-0.1, -0.05) is 19.4 Å². The van der Waals surface area contributed by atoms with Crippen molar-refractivity contribution in [2.45, 2.75) is 51.1 Å². The summed E-state index contributed by atoms with van der Waals surface area (Å²) in [5, 5.41) is 9.70. The number of nitrogens with zero attached hydrogens (tertiary/aromatic N) is 2. The molecule has 2 unspecified atom stereocenters. The zero-order valence-electron chi connectivity index (χ0n) is 11.7. The van der Waals surface area contributed by atoms with Gasteiger partial charge in [0.2, 0.25) is 0 Å². The quantitative estimate of drug-likeness (QED) is 0.886. The molecule has 0 radical (unpaired) electrons. The summed E-state index contributed by atoms with van der Waals surface area (Å²) in [7, 11) is 0. The van der Waals surface area contributed by atoms with E-state index in [-0.39, 0.29) is 6.04 Å². The molecule has 1 aromatic rings. The lowest BCUT2D eigenvalue weighted by molar-refractivity contribution is -0.151. The second-order valence-corrected chi connectivity index (χ2v) is 5.35. The molecule has 1 saturated heterocycles. The molecule has 2 heterocycles. The number of aromatic nitrogens is 1. The molecule has 1 N–H and O–H groups in total. The van der Waals surface area contributed by atoms with Crippen molar-refractivity contribution < 1.29 is 9.90 Å². The van der Waals surface area contributed by atoms with Crippen molar-refractivity contribution in [3.63, 3.8) is 0 Å². The average Bonchev–Trinajstić information content (AvgIpc) is 2.84. The fourth-order valence-electron chi connectivity index (χ4n) is 3.29. The van der Waals surface area contributed by atoms with Crippen LogP contribution in [-0.2, 0) is 4.79 Å². The maximum Gasteiger partial charge on any atom is 0.324 e. The minimum absolute atomic E-state index is 0.0962. The van der Waals surface area contributed by atoms with Crippen LogP contribution >= 0.6 is 0 Å². The predicted octanol–water partition coefficient (Wildman–Crippen LogP) is 2.86. The van der Waals surface area contributed by atoms with Gasteiger partial charge < -0.3 is 5.11 Å². The van der Waals surface area contributed by atoms with Crippen molar-refractivity contribution >= 4 is 5.97 Å². The molecule has 0 aliphatic carbocycles. The second-order valence-electron chi connectivity index (χ2n) is 5.35. The van der Waals surface area contributed by atoms with Crippen LogP contribution in [0.5, 0.6) is 0 Å². The van der Waals surface area contributed by atoms with Gasteiger partial charge in [-0.25, -0.2) is 0 Å². The van der Waals surface area contributed by atoms with E-state index in [0.29, 0.717) is 6.42 Å². The molecule has 19 heavy (non-hydrogen) atoms. The van der Waals surface area contributed by atoms with E-state index in [2.05, 4.69) is 23.7 Å². The van der Waals surface area contributed by atoms with Gasteiger partial charge in [0.15, 0.2) is 0 Å². The predicted molar refractivity (Wildman–Crippen MR) is 73.9 cm³/mol. The summed E-state index contributed by atoms with van der Waals surface area (Å²) in [4.78, 5) is 18.1. The zero-order valence-corrected chi connectivity index (χ0v) is 11.7. The topological polar surface area (TPSA) is 53.4 Å². The molecule has 4 nitrogen and oxygen atoms in total. The molecule has 1 aromatic heterocycles. The lowest BCUT2D eigenvalue weighted by atomic mass is 9.89. The van der Waals surface area contributed by atoms with Crippen molar-refractivity contribution in [3.8, 4) is 0 Å². The molecule has 0 saturated carbocycles. The standard InChI is InChI=1S/C15H22N2O2/c1-3-7-15(14(18)19)8-5-10-17(15)12(2)13-6-4-9-16-11-13/h4,6,9,11-12H,3,5,7-8,10H2,1-2H3,(H,18,19). The second kappa shape index (κ2) is 5.70. The van der Waals surface area contributed by atoms with Crippen molar-refractivity contribution in [2.75, 3.05) is 6.54 Å². The monoisotopic (exact) mass is 262 g/mol. The summed E-state index contributed by atoms with van der Waals surface area (Å²) in [6.07, 6.45) is 6.89. The van der Waals surface area contributed by atoms with Crippen LogP contribution in [0.25, 0.3) is 0 Å². The fraction of sp³-hybridized carbons (Fsp3) is 0.600. The normalized spacial score (nSPS) is 25.4. The molecule has 1 aliphatic heterocycles. The zero-order chi connectivity index (χ0) is 13.9. The molecule has 0 spiro atoms. The van der Waals surface area contributed by atoms with Gasteiger partial charge in [-0.05, 0) is 44.4 Å². The van der Waals surface area contributed by atoms with Crippen molar-refractivity contribution in [3.05, 3.63) is 30.1 Å². The average molecular weight is 262 g/mol. The molecule has 2 rings (SSSR count). The van der Waals surface area contributed by atoms with Crippen LogP contribution in [-0.4, -0.2) is 33.0 Å². The Hall–Kier alpha value is -1.42. The highest BCUT2D eigenvalue weighted by molar-refractivity contribution is 5.79. The number of carboxylic acids is 1. The van der Waals surface area contributed by atoms with Crippen molar-refractivity contribution in [2.24, 2.45) is 0 Å². The molecule has 104 valence electrons. The van der Waals surface area contributed by atoms with E-state index in [1.165, 1.54) is 0 Å². The smallest absolute Gasteiger partial charge is 0.324 e. The van der Waals surface area contributed by atoms with E-state index >= 15 is 0 Å². The number of aliphatic carboxylic acids is 1. The summed E-state index contributed by atoms with van der Waals surface area (Å²) in [5.74, 6) is -0.678. The maximum atomic E-state index is 11.8. The van der Waals surface area contributed by atoms with Gasteiger partial charge in [-0.15, -0.1) is 0 Å². The Balaban J connectivity index is 2.29. The number of hydrogen-bond acceptors (Lipinski definition) is 3. The molecule has 0 amide bonds. The Morgan fingerprint density at radius 2 is 2.42 bits per heavy atom. The van der Waals surface area contributed by atoms with E-state index in [4.69, 9.17) is 0 Å². The number of carbonyl (C=O) groups is 1. The Morgan fingerprint density at radius 3 is 3.00 bits per heavy atom. The lowest BCUT2D eigenvalue weighted by Gasteiger charge is -2.38. The first-order valence-corrected chi connectivity index (χ1v) is 7.02. The SMILES string of the molecule is CCCC1(C(=O)O)CCCN1C(C)c1cccnc1. The molecule has 4 heteroatoms. The molecule has 1 aliphatic rings. The van der Waals surface area contributed by atoms with Gasteiger partial charge in [-0.2, -0.15) is 0 Å². The van der Waals surface area contributed by atoms with Gasteiger partial charge in [0.1, 0.15) is 5.54 Å². The van der Waals surface area contributed by atoms with Crippen LogP contribution in [0.4, 0.5) is 0 Å². The Bertz CT molecular complexity index is 435. The van der Waals surface area contributed by atoms with E-state index in [1.54, 1.807) is 6.20 Å². The van der Waals surface area contributed by atoms with Crippen molar-refractivity contribution in [1.82, 2.24) is 9.88 Å². The molecule has 0 bridgehead atoms. The van der Waals surface area contributed by atoms with Crippen LogP contribution in [0, 0.1) is 0 Å². The van der Waals surface area contributed by atoms with Gasteiger partial charge in [0.05, 0.1) is 0 Å². The highest BCUT2D eigenvalue weighted by Gasteiger charge is 2.48. The molecule has 1 fully saturated rings. The van der Waals surface area contributed by atoms with Crippen LogP contribution < -0.4 is 0 Å². The van der Waals surface area contributed by atoms with E-state index in [9.17, 15) is 9.90 Å². The van der Waals surface area contributed by atoms with Crippen LogP contribution in [0.3, 0.4) is 0 Å². The number of rotatable bonds is 5. The molecule has 0 aromatic carbocycles. The summed E-state index contributed by atoms with van der Waals surface area (Å²) < 4.78 is 0. The summed E-state index contributed by atoms with van der Waals surface area (Å²) >= 11 is 0. The highest BCUT2D eigenvalue weighted by atomic mass is 16.4. The van der Waals surface area contributed by atoms with Gasteiger partial charge in [0, 0.05) is 18.4 Å². The third kappa shape index (κ3) is 2.50. The maximum absolute atomic E-state index is 11.8.